The summed E-state index contributed by atoms with van der Waals surface area (Å²) >= 11 is 1.58. The van der Waals surface area contributed by atoms with Gasteiger partial charge in [-0.05, 0) is 54.8 Å². The average Bonchev–Trinajstić information content (AvgIpc) is 3.36. The van der Waals surface area contributed by atoms with Crippen LogP contribution in [0.4, 0.5) is 5.13 Å². The van der Waals surface area contributed by atoms with Gasteiger partial charge in [0.15, 0.2) is 5.13 Å². The third kappa shape index (κ3) is 5.75. The summed E-state index contributed by atoms with van der Waals surface area (Å²) in [4.78, 5) is 23.0. The Hall–Kier alpha value is -3.26. The molecule has 0 atom stereocenters. The number of amides is 1. The molecule has 1 fully saturated rings. The van der Waals surface area contributed by atoms with Crippen LogP contribution in [0.5, 0.6) is 11.5 Å². The average molecular weight is 502 g/mol. The van der Waals surface area contributed by atoms with E-state index in [9.17, 15) is 4.79 Å². The van der Waals surface area contributed by atoms with Crippen LogP contribution >= 0.6 is 11.3 Å². The number of thiazole rings is 1. The number of rotatable bonds is 9. The Balaban J connectivity index is 1.40. The molecule has 6 nitrogen and oxygen atoms in total. The highest BCUT2D eigenvalue weighted by Crippen LogP contribution is 2.32. The molecule has 5 rings (SSSR count). The Bertz CT molecular complexity index is 1300. The first-order chi connectivity index (χ1) is 17.7. The molecule has 0 aliphatic carbocycles. The quantitative estimate of drug-likeness (QED) is 0.281. The monoisotopic (exact) mass is 501 g/mol. The number of aryl methyl sites for hydroxylation is 1. The molecule has 1 aliphatic heterocycles. The summed E-state index contributed by atoms with van der Waals surface area (Å²) in [6, 6.07) is 23.3. The fourth-order valence-electron chi connectivity index (χ4n) is 4.43. The maximum absolute atomic E-state index is 13.9. The normalized spacial score (nSPS) is 14.1. The Morgan fingerprint density at radius 1 is 1.03 bits per heavy atom. The van der Waals surface area contributed by atoms with E-state index in [0.717, 1.165) is 66.8 Å². The molecule has 3 aromatic carbocycles. The van der Waals surface area contributed by atoms with Crippen LogP contribution in [-0.4, -0.2) is 55.2 Å². The van der Waals surface area contributed by atoms with Gasteiger partial charge < -0.3 is 9.47 Å². The maximum atomic E-state index is 13.9. The number of aromatic nitrogens is 1. The minimum absolute atomic E-state index is 0.0624. The highest BCUT2D eigenvalue weighted by atomic mass is 32.1. The summed E-state index contributed by atoms with van der Waals surface area (Å²) in [5.74, 6) is 1.31. The lowest BCUT2D eigenvalue weighted by atomic mass is 10.1. The number of nitrogens with zero attached hydrogens (tertiary/aromatic N) is 3. The van der Waals surface area contributed by atoms with Gasteiger partial charge in [-0.3, -0.25) is 14.6 Å². The van der Waals surface area contributed by atoms with Gasteiger partial charge in [-0.25, -0.2) is 4.98 Å². The number of benzene rings is 3. The molecule has 0 bridgehead atoms. The number of carbonyl (C=O) groups is 1. The lowest BCUT2D eigenvalue weighted by Crippen LogP contribution is -2.39. The summed E-state index contributed by atoms with van der Waals surface area (Å²) in [6.07, 6.45) is 1.77. The standard InChI is InChI=1S/C29H31N3O3S/c1-2-22-9-7-14-26-27(22)30-29(36-26)32(16-8-15-31-17-19-34-20-18-31)28(33)23-10-6-13-25(21-23)35-24-11-4-3-5-12-24/h3-7,9-14,21H,2,8,15-20H2,1H3. The molecular weight excluding hydrogens is 470 g/mol. The molecule has 36 heavy (non-hydrogen) atoms. The first-order valence-electron chi connectivity index (χ1n) is 12.5. The van der Waals surface area contributed by atoms with Crippen LogP contribution in [0, 0.1) is 0 Å². The molecular formula is C29H31N3O3S. The van der Waals surface area contributed by atoms with Crippen molar-refractivity contribution in [2.45, 2.75) is 19.8 Å². The van der Waals surface area contributed by atoms with Crippen molar-refractivity contribution >= 4 is 32.6 Å². The Morgan fingerprint density at radius 3 is 2.61 bits per heavy atom. The van der Waals surface area contributed by atoms with E-state index >= 15 is 0 Å². The van der Waals surface area contributed by atoms with E-state index in [0.29, 0.717) is 17.9 Å². The zero-order valence-electron chi connectivity index (χ0n) is 20.6. The van der Waals surface area contributed by atoms with E-state index in [2.05, 4.69) is 30.0 Å². The van der Waals surface area contributed by atoms with Crippen molar-refractivity contribution in [3.05, 3.63) is 83.9 Å². The van der Waals surface area contributed by atoms with Gasteiger partial charge in [-0.1, -0.05) is 54.7 Å². The molecule has 7 heteroatoms. The second-order valence-corrected chi connectivity index (χ2v) is 9.83. The lowest BCUT2D eigenvalue weighted by Gasteiger charge is -2.27. The van der Waals surface area contributed by atoms with Crippen molar-refractivity contribution in [3.63, 3.8) is 0 Å². The molecule has 186 valence electrons. The van der Waals surface area contributed by atoms with Crippen molar-refractivity contribution in [1.29, 1.82) is 0 Å². The summed E-state index contributed by atoms with van der Waals surface area (Å²) in [6.45, 7) is 7.08. The van der Waals surface area contributed by atoms with Crippen molar-refractivity contribution in [2.75, 3.05) is 44.3 Å². The third-order valence-corrected chi connectivity index (χ3v) is 7.41. The van der Waals surface area contributed by atoms with Crippen molar-refractivity contribution in [1.82, 2.24) is 9.88 Å². The van der Waals surface area contributed by atoms with Crippen LogP contribution in [0.3, 0.4) is 0 Å². The smallest absolute Gasteiger partial charge is 0.260 e. The summed E-state index contributed by atoms with van der Waals surface area (Å²) in [7, 11) is 0. The Morgan fingerprint density at radius 2 is 1.81 bits per heavy atom. The van der Waals surface area contributed by atoms with Gasteiger partial charge in [0.2, 0.25) is 0 Å². The van der Waals surface area contributed by atoms with Gasteiger partial charge in [0.1, 0.15) is 11.5 Å². The predicted octanol–water partition coefficient (Wildman–Crippen LogP) is 6.02. The Kier molecular flexibility index (Phi) is 7.91. The molecule has 1 aromatic heterocycles. The number of hydrogen-bond donors (Lipinski definition) is 0. The largest absolute Gasteiger partial charge is 0.457 e. The van der Waals surface area contributed by atoms with Gasteiger partial charge in [0.25, 0.3) is 5.91 Å². The van der Waals surface area contributed by atoms with E-state index in [1.807, 2.05) is 59.5 Å². The minimum Gasteiger partial charge on any atom is -0.457 e. The van der Waals surface area contributed by atoms with E-state index in [1.165, 1.54) is 5.56 Å². The molecule has 1 amide bonds. The van der Waals surface area contributed by atoms with Crippen molar-refractivity contribution < 1.29 is 14.3 Å². The second kappa shape index (κ2) is 11.6. The van der Waals surface area contributed by atoms with Gasteiger partial charge in [0, 0.05) is 31.7 Å². The highest BCUT2D eigenvalue weighted by molar-refractivity contribution is 7.22. The zero-order valence-corrected chi connectivity index (χ0v) is 21.4. The molecule has 0 radical (unpaired) electrons. The van der Waals surface area contributed by atoms with Gasteiger partial charge in [-0.15, -0.1) is 0 Å². The number of ether oxygens (including phenoxy) is 2. The highest BCUT2D eigenvalue weighted by Gasteiger charge is 2.23. The lowest BCUT2D eigenvalue weighted by molar-refractivity contribution is 0.0376. The van der Waals surface area contributed by atoms with Crippen LogP contribution in [0.25, 0.3) is 10.2 Å². The van der Waals surface area contributed by atoms with E-state index in [4.69, 9.17) is 14.5 Å². The summed E-state index contributed by atoms with van der Waals surface area (Å²) in [5, 5.41) is 0.743. The number of morpholine rings is 1. The predicted molar refractivity (Wildman–Crippen MR) is 146 cm³/mol. The van der Waals surface area contributed by atoms with E-state index in [-0.39, 0.29) is 5.91 Å². The van der Waals surface area contributed by atoms with Crippen molar-refractivity contribution in [2.24, 2.45) is 0 Å². The SMILES string of the molecule is CCc1cccc2sc(N(CCCN3CCOCC3)C(=O)c3cccc(Oc4ccccc4)c3)nc12. The molecule has 0 N–H and O–H groups in total. The maximum Gasteiger partial charge on any atom is 0.260 e. The topological polar surface area (TPSA) is 54.9 Å². The van der Waals surface area contributed by atoms with E-state index < -0.39 is 0 Å². The molecule has 2 heterocycles. The van der Waals surface area contributed by atoms with Gasteiger partial charge in [-0.2, -0.15) is 0 Å². The van der Waals surface area contributed by atoms with Crippen LogP contribution in [0.15, 0.2) is 72.8 Å². The molecule has 1 saturated heterocycles. The number of fused-ring (bicyclic) bond motifs is 1. The van der Waals surface area contributed by atoms with Crippen LogP contribution in [-0.2, 0) is 11.2 Å². The number of anilines is 1. The number of hydrogen-bond acceptors (Lipinski definition) is 6. The van der Waals surface area contributed by atoms with Crippen LogP contribution in [0.1, 0.15) is 29.3 Å². The number of carbonyl (C=O) groups excluding carboxylic acids is 1. The Labute approximate surface area is 216 Å². The first-order valence-corrected chi connectivity index (χ1v) is 13.4. The van der Waals surface area contributed by atoms with Crippen LogP contribution < -0.4 is 9.64 Å². The molecule has 0 saturated carbocycles. The summed E-state index contributed by atoms with van der Waals surface area (Å²) < 4.78 is 12.6. The fraction of sp³-hybridized carbons (Fsp3) is 0.310. The minimum atomic E-state index is -0.0624. The van der Waals surface area contributed by atoms with E-state index in [1.54, 1.807) is 11.3 Å². The molecule has 4 aromatic rings. The van der Waals surface area contributed by atoms with Gasteiger partial charge in [0.05, 0.1) is 23.4 Å². The summed E-state index contributed by atoms with van der Waals surface area (Å²) in [5.41, 5.74) is 2.78. The molecule has 0 spiro atoms. The first kappa shape index (κ1) is 24.4. The second-order valence-electron chi connectivity index (χ2n) is 8.82. The fourth-order valence-corrected chi connectivity index (χ4v) is 5.47. The zero-order chi connectivity index (χ0) is 24.7. The van der Waals surface area contributed by atoms with Gasteiger partial charge >= 0.3 is 0 Å². The number of para-hydroxylation sites is 2. The van der Waals surface area contributed by atoms with Crippen molar-refractivity contribution in [3.8, 4) is 11.5 Å². The molecule has 0 unspecified atom stereocenters. The molecule has 1 aliphatic rings. The third-order valence-electron chi connectivity index (χ3n) is 6.37. The van der Waals surface area contributed by atoms with Crippen LogP contribution in [0.2, 0.25) is 0 Å².